The van der Waals surface area contributed by atoms with Gasteiger partial charge in [0.2, 0.25) is 0 Å². The summed E-state index contributed by atoms with van der Waals surface area (Å²) in [5, 5.41) is 4.67. The third-order valence-corrected chi connectivity index (χ3v) is 3.64. The number of benzene rings is 2. The van der Waals surface area contributed by atoms with Gasteiger partial charge >= 0.3 is 0 Å². The van der Waals surface area contributed by atoms with Gasteiger partial charge < -0.3 is 10.1 Å². The molecule has 0 aliphatic rings. The van der Waals surface area contributed by atoms with Crippen molar-refractivity contribution in [3.05, 3.63) is 57.0 Å². The molecular formula is C14H12Cl3NO. The molecule has 0 bridgehead atoms. The molecule has 5 heteroatoms. The number of nitrogens with one attached hydrogen (secondary N) is 1. The van der Waals surface area contributed by atoms with Gasteiger partial charge in [0.05, 0.1) is 10.0 Å². The first kappa shape index (κ1) is 14.5. The second-order valence-corrected chi connectivity index (χ2v) is 5.15. The first-order chi connectivity index (χ1) is 9.11. The lowest BCUT2D eigenvalue weighted by atomic mass is 10.2. The Morgan fingerprint density at radius 3 is 2.47 bits per heavy atom. The summed E-state index contributed by atoms with van der Waals surface area (Å²) in [5.74, 6) is 1.31. The largest absolute Gasteiger partial charge is 0.457 e. The van der Waals surface area contributed by atoms with E-state index >= 15 is 0 Å². The lowest BCUT2D eigenvalue weighted by Crippen LogP contribution is -2.07. The minimum absolute atomic E-state index is 0.455. The molecule has 100 valence electrons. The molecule has 0 radical (unpaired) electrons. The molecule has 2 aromatic rings. The maximum atomic E-state index is 6.16. The van der Waals surface area contributed by atoms with Crippen LogP contribution in [0.15, 0.2) is 36.4 Å². The average Bonchev–Trinajstić information content (AvgIpc) is 2.38. The highest BCUT2D eigenvalue weighted by molar-refractivity contribution is 6.42. The molecule has 0 heterocycles. The van der Waals surface area contributed by atoms with Gasteiger partial charge in [0.25, 0.3) is 0 Å². The number of ether oxygens (including phenoxy) is 1. The van der Waals surface area contributed by atoms with E-state index in [1.807, 2.05) is 25.2 Å². The van der Waals surface area contributed by atoms with Crippen LogP contribution in [0.2, 0.25) is 15.1 Å². The molecule has 0 unspecified atom stereocenters. The van der Waals surface area contributed by atoms with Crippen molar-refractivity contribution in [2.45, 2.75) is 6.54 Å². The smallest absolute Gasteiger partial charge is 0.133 e. The normalized spacial score (nSPS) is 10.5. The number of rotatable bonds is 4. The van der Waals surface area contributed by atoms with Gasteiger partial charge in [0.1, 0.15) is 11.5 Å². The Labute approximate surface area is 127 Å². The highest BCUT2D eigenvalue weighted by Gasteiger charge is 2.09. The summed E-state index contributed by atoms with van der Waals surface area (Å²) < 4.78 is 5.81. The second-order valence-electron chi connectivity index (χ2n) is 3.92. The lowest BCUT2D eigenvalue weighted by molar-refractivity contribution is 0.474. The predicted molar refractivity (Wildman–Crippen MR) is 80.8 cm³/mol. The Bertz CT molecular complexity index is 587. The fraction of sp³-hybridized carbons (Fsp3) is 0.143. The number of halogens is 3. The summed E-state index contributed by atoms with van der Waals surface area (Å²) >= 11 is 18.0. The van der Waals surface area contributed by atoms with Crippen LogP contribution < -0.4 is 10.1 Å². The molecule has 0 atom stereocenters. The number of hydrogen-bond donors (Lipinski definition) is 1. The van der Waals surface area contributed by atoms with Crippen molar-refractivity contribution in [3.63, 3.8) is 0 Å². The molecule has 0 aliphatic heterocycles. The molecule has 0 saturated heterocycles. The lowest BCUT2D eigenvalue weighted by Gasteiger charge is -2.12. The van der Waals surface area contributed by atoms with Crippen molar-refractivity contribution >= 4 is 34.8 Å². The molecule has 0 saturated carbocycles. The van der Waals surface area contributed by atoms with Crippen molar-refractivity contribution in [1.82, 2.24) is 5.32 Å². The van der Waals surface area contributed by atoms with E-state index in [4.69, 9.17) is 39.5 Å². The van der Waals surface area contributed by atoms with Gasteiger partial charge in [-0.2, -0.15) is 0 Å². The van der Waals surface area contributed by atoms with Crippen LogP contribution in [0.25, 0.3) is 0 Å². The summed E-state index contributed by atoms with van der Waals surface area (Å²) in [6.45, 7) is 0.621. The molecule has 0 aromatic heterocycles. The van der Waals surface area contributed by atoms with Crippen molar-refractivity contribution in [2.24, 2.45) is 0 Å². The third-order valence-electron chi connectivity index (χ3n) is 2.55. The van der Waals surface area contributed by atoms with Crippen LogP contribution >= 0.6 is 34.8 Å². The van der Waals surface area contributed by atoms with Gasteiger partial charge in [0.15, 0.2) is 0 Å². The molecule has 1 N–H and O–H groups in total. The molecule has 19 heavy (non-hydrogen) atoms. The zero-order valence-electron chi connectivity index (χ0n) is 10.2. The van der Waals surface area contributed by atoms with Gasteiger partial charge in [-0.15, -0.1) is 0 Å². The van der Waals surface area contributed by atoms with E-state index in [9.17, 15) is 0 Å². The van der Waals surface area contributed by atoms with Crippen LogP contribution in [0.5, 0.6) is 11.5 Å². The Kier molecular flexibility index (Phi) is 4.94. The maximum Gasteiger partial charge on any atom is 0.133 e. The monoisotopic (exact) mass is 315 g/mol. The summed E-state index contributed by atoms with van der Waals surface area (Å²) in [6.07, 6.45) is 0. The van der Waals surface area contributed by atoms with E-state index in [-0.39, 0.29) is 0 Å². The highest BCUT2D eigenvalue weighted by atomic mass is 35.5. The fourth-order valence-electron chi connectivity index (χ4n) is 1.65. The van der Waals surface area contributed by atoms with Gasteiger partial charge in [-0.05, 0) is 31.3 Å². The van der Waals surface area contributed by atoms with Crippen molar-refractivity contribution in [3.8, 4) is 11.5 Å². The Balaban J connectivity index is 2.32. The van der Waals surface area contributed by atoms with Crippen LogP contribution in [0, 0.1) is 0 Å². The van der Waals surface area contributed by atoms with Crippen LogP contribution in [-0.4, -0.2) is 7.05 Å². The molecule has 2 aromatic carbocycles. The van der Waals surface area contributed by atoms with E-state index in [0.717, 1.165) is 5.56 Å². The third kappa shape index (κ3) is 3.54. The molecule has 0 fully saturated rings. The Morgan fingerprint density at radius 1 is 1.00 bits per heavy atom. The Hall–Kier alpha value is -0.930. The summed E-state index contributed by atoms with van der Waals surface area (Å²) in [4.78, 5) is 0. The topological polar surface area (TPSA) is 21.3 Å². The van der Waals surface area contributed by atoms with Gasteiger partial charge in [-0.3, -0.25) is 0 Å². The van der Waals surface area contributed by atoms with Gasteiger partial charge in [0, 0.05) is 23.2 Å². The molecule has 0 spiro atoms. The van der Waals surface area contributed by atoms with Crippen LogP contribution in [0.1, 0.15) is 5.56 Å². The average molecular weight is 317 g/mol. The highest BCUT2D eigenvalue weighted by Crippen LogP contribution is 2.33. The zero-order valence-corrected chi connectivity index (χ0v) is 12.5. The molecule has 0 amide bonds. The second kappa shape index (κ2) is 6.49. The van der Waals surface area contributed by atoms with Crippen LogP contribution in [0.4, 0.5) is 0 Å². The number of hydrogen-bond acceptors (Lipinski definition) is 2. The van der Waals surface area contributed by atoms with Gasteiger partial charge in [-0.1, -0.05) is 40.9 Å². The quantitative estimate of drug-likeness (QED) is 0.841. The van der Waals surface area contributed by atoms with Crippen LogP contribution in [0.3, 0.4) is 0 Å². The molecule has 2 rings (SSSR count). The standard InChI is InChI=1S/C14H12Cl3NO/c1-18-8-10-11(15)3-2-4-14(10)19-9-5-6-12(16)13(17)7-9/h2-7,18H,8H2,1H3. The summed E-state index contributed by atoms with van der Waals surface area (Å²) in [7, 11) is 1.85. The van der Waals surface area contributed by atoms with E-state index in [2.05, 4.69) is 5.32 Å². The van der Waals surface area contributed by atoms with Crippen molar-refractivity contribution < 1.29 is 4.74 Å². The molecule has 2 nitrogen and oxygen atoms in total. The first-order valence-electron chi connectivity index (χ1n) is 5.66. The summed E-state index contributed by atoms with van der Waals surface area (Å²) in [6, 6.07) is 10.7. The molecular weight excluding hydrogens is 305 g/mol. The minimum atomic E-state index is 0.455. The SMILES string of the molecule is CNCc1c(Cl)cccc1Oc1ccc(Cl)c(Cl)c1. The van der Waals surface area contributed by atoms with Crippen LogP contribution in [-0.2, 0) is 6.54 Å². The molecule has 0 aliphatic carbocycles. The van der Waals surface area contributed by atoms with Crippen molar-refractivity contribution in [1.29, 1.82) is 0 Å². The van der Waals surface area contributed by atoms with Gasteiger partial charge in [-0.25, -0.2) is 0 Å². The maximum absolute atomic E-state index is 6.16. The Morgan fingerprint density at radius 2 is 1.79 bits per heavy atom. The van der Waals surface area contributed by atoms with E-state index in [1.54, 1.807) is 18.2 Å². The van der Waals surface area contributed by atoms with E-state index in [0.29, 0.717) is 33.1 Å². The van der Waals surface area contributed by atoms with Crippen molar-refractivity contribution in [2.75, 3.05) is 7.05 Å². The predicted octanol–water partition coefficient (Wildman–Crippen LogP) is 5.16. The van der Waals surface area contributed by atoms with E-state index in [1.165, 1.54) is 0 Å². The first-order valence-corrected chi connectivity index (χ1v) is 6.80. The zero-order chi connectivity index (χ0) is 13.8. The minimum Gasteiger partial charge on any atom is -0.457 e. The summed E-state index contributed by atoms with van der Waals surface area (Å²) in [5.41, 5.74) is 0.901. The van der Waals surface area contributed by atoms with E-state index < -0.39 is 0 Å². The fourth-order valence-corrected chi connectivity index (χ4v) is 2.17.